The van der Waals surface area contributed by atoms with Crippen LogP contribution in [0.15, 0.2) is 52.6 Å². The maximum atomic E-state index is 12.2. The Hall–Kier alpha value is -3.80. The van der Waals surface area contributed by atoms with Crippen molar-refractivity contribution >= 4 is 39.4 Å². The number of non-ortho nitro benzene ring substituents is 2. The van der Waals surface area contributed by atoms with E-state index in [1.807, 2.05) is 0 Å². The van der Waals surface area contributed by atoms with Gasteiger partial charge in [-0.3, -0.25) is 25.0 Å². The zero-order valence-electron chi connectivity index (χ0n) is 15.5. The average Bonchev–Trinajstić information content (AvgIpc) is 2.72. The monoisotopic (exact) mass is 478 g/mol. The molecule has 0 saturated carbocycles. The Morgan fingerprint density at radius 2 is 1.83 bits per heavy atom. The number of methoxy groups -OCH3 is 1. The number of nitro benzene ring substituents is 2. The summed E-state index contributed by atoms with van der Waals surface area (Å²) in [6.07, 6.45) is 2.88. The maximum Gasteiger partial charge on any atom is 0.277 e. The summed E-state index contributed by atoms with van der Waals surface area (Å²) in [4.78, 5) is 32.4. The van der Waals surface area contributed by atoms with Crippen molar-refractivity contribution < 1.29 is 24.1 Å². The summed E-state index contributed by atoms with van der Waals surface area (Å²) in [6.45, 7) is 3.84. The third kappa shape index (κ3) is 5.61. The van der Waals surface area contributed by atoms with Gasteiger partial charge in [-0.2, -0.15) is 5.10 Å². The van der Waals surface area contributed by atoms with E-state index in [2.05, 4.69) is 33.0 Å². The molecule has 0 aromatic heterocycles. The van der Waals surface area contributed by atoms with Gasteiger partial charge in [-0.15, -0.1) is 0 Å². The van der Waals surface area contributed by atoms with Crippen LogP contribution in [0.4, 0.5) is 11.4 Å². The second-order valence-electron chi connectivity index (χ2n) is 5.59. The summed E-state index contributed by atoms with van der Waals surface area (Å²) in [7, 11) is 1.46. The molecule has 2 aromatic carbocycles. The lowest BCUT2D eigenvalue weighted by molar-refractivity contribution is -0.394. The second-order valence-corrected chi connectivity index (χ2v) is 6.44. The van der Waals surface area contributed by atoms with E-state index in [0.29, 0.717) is 21.5 Å². The van der Waals surface area contributed by atoms with Crippen LogP contribution in [-0.4, -0.2) is 35.7 Å². The molecular weight excluding hydrogens is 464 g/mol. The van der Waals surface area contributed by atoms with E-state index < -0.39 is 27.1 Å². The van der Waals surface area contributed by atoms with Gasteiger partial charge in [-0.1, -0.05) is 12.7 Å². The van der Waals surface area contributed by atoms with Gasteiger partial charge in [0.25, 0.3) is 17.3 Å². The SMILES string of the molecule is C=CCOc1c(Br)cc(/C=N\NC(=O)c2cc([N+](=O)[O-])cc([N+](=O)[O-])c2)cc1OC. The minimum absolute atomic E-state index is 0.272. The number of hydrogen-bond acceptors (Lipinski definition) is 8. The van der Waals surface area contributed by atoms with Gasteiger partial charge in [0.05, 0.1) is 39.3 Å². The van der Waals surface area contributed by atoms with Crippen LogP contribution in [-0.2, 0) is 0 Å². The van der Waals surface area contributed by atoms with Gasteiger partial charge >= 0.3 is 0 Å². The molecule has 11 nitrogen and oxygen atoms in total. The topological polar surface area (TPSA) is 146 Å². The van der Waals surface area contributed by atoms with Crippen molar-refractivity contribution in [2.24, 2.45) is 5.10 Å². The van der Waals surface area contributed by atoms with Crippen LogP contribution in [0, 0.1) is 20.2 Å². The molecule has 1 N–H and O–H groups in total. The first-order chi connectivity index (χ1) is 14.3. The first-order valence-electron chi connectivity index (χ1n) is 8.15. The number of ether oxygens (including phenoxy) is 2. The van der Waals surface area contributed by atoms with Crippen molar-refractivity contribution in [1.29, 1.82) is 0 Å². The smallest absolute Gasteiger partial charge is 0.277 e. The van der Waals surface area contributed by atoms with Crippen LogP contribution >= 0.6 is 15.9 Å². The molecule has 0 radical (unpaired) electrons. The molecule has 156 valence electrons. The number of hydrogen-bond donors (Lipinski definition) is 1. The number of halogens is 1. The highest BCUT2D eigenvalue weighted by molar-refractivity contribution is 9.10. The van der Waals surface area contributed by atoms with E-state index in [1.54, 1.807) is 18.2 Å². The fourth-order valence-corrected chi connectivity index (χ4v) is 2.84. The first kappa shape index (κ1) is 22.5. The summed E-state index contributed by atoms with van der Waals surface area (Å²) < 4.78 is 11.4. The van der Waals surface area contributed by atoms with Gasteiger partial charge < -0.3 is 9.47 Å². The third-order valence-corrected chi connectivity index (χ3v) is 4.15. The van der Waals surface area contributed by atoms with E-state index in [-0.39, 0.29) is 12.2 Å². The zero-order valence-corrected chi connectivity index (χ0v) is 17.1. The highest BCUT2D eigenvalue weighted by Gasteiger charge is 2.19. The molecule has 2 aromatic rings. The molecule has 0 bridgehead atoms. The van der Waals surface area contributed by atoms with E-state index in [4.69, 9.17) is 9.47 Å². The molecule has 1 amide bonds. The molecule has 2 rings (SSSR count). The highest BCUT2D eigenvalue weighted by atomic mass is 79.9. The lowest BCUT2D eigenvalue weighted by Crippen LogP contribution is -2.18. The normalized spacial score (nSPS) is 10.5. The largest absolute Gasteiger partial charge is 0.493 e. The lowest BCUT2D eigenvalue weighted by atomic mass is 10.1. The number of nitrogens with zero attached hydrogens (tertiary/aromatic N) is 3. The molecule has 12 heteroatoms. The van der Waals surface area contributed by atoms with Crippen LogP contribution in [0.2, 0.25) is 0 Å². The Balaban J connectivity index is 2.22. The standard InChI is InChI=1S/C18H15BrN4O7/c1-3-4-30-17-15(19)5-11(6-16(17)29-2)10-20-21-18(24)12-7-13(22(25)26)9-14(8-12)23(27)28/h3,5-10H,1,4H2,2H3,(H,21,24)/b20-10-. The predicted octanol–water partition coefficient (Wildman–Crippen LogP) is 3.60. The Kier molecular flexibility index (Phi) is 7.58. The fourth-order valence-electron chi connectivity index (χ4n) is 2.26. The molecule has 0 atom stereocenters. The quantitative estimate of drug-likeness (QED) is 0.250. The van der Waals surface area contributed by atoms with Gasteiger partial charge in [0.1, 0.15) is 6.61 Å². The average molecular weight is 479 g/mol. The van der Waals surface area contributed by atoms with Crippen molar-refractivity contribution in [3.63, 3.8) is 0 Å². The third-order valence-electron chi connectivity index (χ3n) is 3.56. The van der Waals surface area contributed by atoms with E-state index in [1.165, 1.54) is 13.3 Å². The maximum absolute atomic E-state index is 12.2. The Bertz CT molecular complexity index is 1010. The van der Waals surface area contributed by atoms with Gasteiger partial charge in [0.15, 0.2) is 11.5 Å². The number of benzene rings is 2. The molecule has 0 aliphatic rings. The molecule has 0 unspecified atom stereocenters. The summed E-state index contributed by atoms with van der Waals surface area (Å²) >= 11 is 3.35. The van der Waals surface area contributed by atoms with E-state index >= 15 is 0 Å². The lowest BCUT2D eigenvalue weighted by Gasteiger charge is -2.12. The van der Waals surface area contributed by atoms with Crippen LogP contribution in [0.1, 0.15) is 15.9 Å². The minimum atomic E-state index is -0.852. The molecule has 0 aliphatic heterocycles. The van der Waals surface area contributed by atoms with Crippen molar-refractivity contribution in [3.05, 3.63) is 78.8 Å². The Labute approximate surface area is 178 Å². The number of amides is 1. The Morgan fingerprint density at radius 3 is 2.37 bits per heavy atom. The number of nitro groups is 2. The highest BCUT2D eigenvalue weighted by Crippen LogP contribution is 2.36. The van der Waals surface area contributed by atoms with Gasteiger partial charge in [-0.25, -0.2) is 5.43 Å². The molecule has 0 saturated heterocycles. The fraction of sp³-hybridized carbons (Fsp3) is 0.111. The predicted molar refractivity (Wildman–Crippen MR) is 111 cm³/mol. The van der Waals surface area contributed by atoms with E-state index in [0.717, 1.165) is 18.2 Å². The summed E-state index contributed by atoms with van der Waals surface area (Å²) in [5, 5.41) is 25.6. The molecule has 0 heterocycles. The van der Waals surface area contributed by atoms with Crippen LogP contribution in [0.3, 0.4) is 0 Å². The molecule has 0 fully saturated rings. The molecule has 0 spiro atoms. The number of carbonyl (C=O) groups excluding carboxylic acids is 1. The van der Waals surface area contributed by atoms with Crippen molar-refractivity contribution in [3.8, 4) is 11.5 Å². The van der Waals surface area contributed by atoms with Crippen molar-refractivity contribution in [1.82, 2.24) is 5.43 Å². The van der Waals surface area contributed by atoms with Crippen molar-refractivity contribution in [2.75, 3.05) is 13.7 Å². The van der Waals surface area contributed by atoms with Gasteiger partial charge in [0.2, 0.25) is 0 Å². The van der Waals surface area contributed by atoms with Crippen molar-refractivity contribution in [2.45, 2.75) is 0 Å². The number of rotatable bonds is 9. The van der Waals surface area contributed by atoms with Crippen LogP contribution in [0.25, 0.3) is 0 Å². The molecular formula is C18H15BrN4O7. The summed E-state index contributed by atoms with van der Waals surface area (Å²) in [5.41, 5.74) is 1.27. The number of carbonyl (C=O) groups is 1. The molecule has 30 heavy (non-hydrogen) atoms. The summed E-state index contributed by atoms with van der Waals surface area (Å²) in [5.74, 6) is 0.0193. The number of nitrogens with one attached hydrogen (secondary N) is 1. The number of hydrazone groups is 1. The molecule has 0 aliphatic carbocycles. The first-order valence-corrected chi connectivity index (χ1v) is 8.94. The minimum Gasteiger partial charge on any atom is -0.493 e. The van der Waals surface area contributed by atoms with Crippen LogP contribution < -0.4 is 14.9 Å². The zero-order chi connectivity index (χ0) is 22.3. The van der Waals surface area contributed by atoms with Gasteiger partial charge in [-0.05, 0) is 33.6 Å². The van der Waals surface area contributed by atoms with Crippen LogP contribution in [0.5, 0.6) is 11.5 Å². The Morgan fingerprint density at radius 1 is 1.20 bits per heavy atom. The van der Waals surface area contributed by atoms with E-state index in [9.17, 15) is 25.0 Å². The second kappa shape index (κ2) is 10.1. The van der Waals surface area contributed by atoms with Gasteiger partial charge in [0, 0.05) is 12.1 Å². The summed E-state index contributed by atoms with van der Waals surface area (Å²) in [6, 6.07) is 5.87.